The second-order valence-electron chi connectivity index (χ2n) is 5.76. The number of carbonyl (C=O) groups is 1. The highest BCUT2D eigenvalue weighted by Gasteiger charge is 2.30. The van der Waals surface area contributed by atoms with Crippen molar-refractivity contribution in [2.75, 3.05) is 14.1 Å². The molecule has 0 aliphatic rings. The van der Waals surface area contributed by atoms with Crippen LogP contribution in [0.15, 0.2) is 53.5 Å². The van der Waals surface area contributed by atoms with Gasteiger partial charge in [-0.3, -0.25) is 9.79 Å². The van der Waals surface area contributed by atoms with Crippen molar-refractivity contribution in [1.82, 2.24) is 16.0 Å². The standard InChI is InChI=1S/C19H21F3N4O/c1-23-17(27)15-7-3-5-13(9-15)11-25-18(24-2)26-12-14-6-4-8-16(10-14)19(20,21)22/h3-10H,11-12H2,1-2H3,(H,23,27)(H2,24,25,26). The van der Waals surface area contributed by atoms with Crippen molar-refractivity contribution < 1.29 is 18.0 Å². The third kappa shape index (κ3) is 6.02. The smallest absolute Gasteiger partial charge is 0.355 e. The molecular weight excluding hydrogens is 357 g/mol. The Bertz CT molecular complexity index is 819. The number of hydrogen-bond donors (Lipinski definition) is 3. The molecule has 8 heteroatoms. The maximum Gasteiger partial charge on any atom is 0.416 e. The molecule has 0 aromatic heterocycles. The van der Waals surface area contributed by atoms with Crippen molar-refractivity contribution in [3.05, 3.63) is 70.8 Å². The monoisotopic (exact) mass is 378 g/mol. The molecule has 2 aromatic rings. The van der Waals surface area contributed by atoms with Crippen LogP contribution in [0, 0.1) is 0 Å². The predicted octanol–water partition coefficient (Wildman–Crippen LogP) is 2.93. The summed E-state index contributed by atoms with van der Waals surface area (Å²) in [7, 11) is 3.13. The number of nitrogens with zero attached hydrogens (tertiary/aromatic N) is 1. The highest BCUT2D eigenvalue weighted by molar-refractivity contribution is 5.94. The molecule has 0 fully saturated rings. The van der Waals surface area contributed by atoms with Gasteiger partial charge in [0.25, 0.3) is 5.91 Å². The van der Waals surface area contributed by atoms with Gasteiger partial charge >= 0.3 is 6.18 Å². The molecule has 0 unspecified atom stereocenters. The van der Waals surface area contributed by atoms with Crippen LogP contribution < -0.4 is 16.0 Å². The number of hydrogen-bond acceptors (Lipinski definition) is 2. The average Bonchev–Trinajstić information content (AvgIpc) is 2.67. The molecule has 0 radical (unpaired) electrons. The van der Waals surface area contributed by atoms with Gasteiger partial charge in [0.1, 0.15) is 0 Å². The number of halogens is 3. The number of alkyl halides is 3. The first-order valence-corrected chi connectivity index (χ1v) is 8.25. The molecule has 0 saturated heterocycles. The van der Waals surface area contributed by atoms with Crippen LogP contribution in [0.1, 0.15) is 27.0 Å². The maximum absolute atomic E-state index is 12.8. The molecule has 144 valence electrons. The summed E-state index contributed by atoms with van der Waals surface area (Å²) in [5.74, 6) is 0.265. The number of aliphatic imine (C=N–C) groups is 1. The van der Waals surface area contributed by atoms with Gasteiger partial charge in [0.05, 0.1) is 5.56 Å². The van der Waals surface area contributed by atoms with Gasteiger partial charge in [0, 0.05) is 32.7 Å². The van der Waals surface area contributed by atoms with Crippen LogP contribution >= 0.6 is 0 Å². The van der Waals surface area contributed by atoms with Crippen LogP contribution in [0.5, 0.6) is 0 Å². The lowest BCUT2D eigenvalue weighted by Gasteiger charge is -2.13. The topological polar surface area (TPSA) is 65.5 Å². The maximum atomic E-state index is 12.8. The minimum Gasteiger partial charge on any atom is -0.355 e. The number of rotatable bonds is 5. The first kappa shape index (κ1) is 20.3. The summed E-state index contributed by atoms with van der Waals surface area (Å²) >= 11 is 0. The molecule has 27 heavy (non-hydrogen) atoms. The summed E-state index contributed by atoms with van der Waals surface area (Å²) in [5.41, 5.74) is 1.23. The summed E-state index contributed by atoms with van der Waals surface area (Å²) in [6.07, 6.45) is -4.37. The van der Waals surface area contributed by atoms with Gasteiger partial charge in [-0.1, -0.05) is 24.3 Å². The van der Waals surface area contributed by atoms with Crippen LogP contribution in [-0.2, 0) is 19.3 Å². The zero-order chi connectivity index (χ0) is 19.9. The summed E-state index contributed by atoms with van der Waals surface area (Å²) in [5, 5.41) is 8.61. The van der Waals surface area contributed by atoms with E-state index in [1.807, 2.05) is 6.07 Å². The van der Waals surface area contributed by atoms with Crippen LogP contribution in [0.2, 0.25) is 0 Å². The number of nitrogens with one attached hydrogen (secondary N) is 3. The zero-order valence-corrected chi connectivity index (χ0v) is 15.0. The molecular formula is C19H21F3N4O. The Morgan fingerprint density at radius 3 is 2.15 bits per heavy atom. The number of amides is 1. The predicted molar refractivity (Wildman–Crippen MR) is 98.3 cm³/mol. The Balaban J connectivity index is 1.94. The Kier molecular flexibility index (Phi) is 6.81. The van der Waals surface area contributed by atoms with E-state index in [0.717, 1.165) is 17.7 Å². The largest absolute Gasteiger partial charge is 0.416 e. The van der Waals surface area contributed by atoms with Gasteiger partial charge in [0.15, 0.2) is 5.96 Å². The van der Waals surface area contributed by atoms with Crippen molar-refractivity contribution in [2.24, 2.45) is 4.99 Å². The van der Waals surface area contributed by atoms with E-state index < -0.39 is 11.7 Å². The van der Waals surface area contributed by atoms with Gasteiger partial charge in [-0.05, 0) is 35.4 Å². The summed E-state index contributed by atoms with van der Waals surface area (Å²) in [6, 6.07) is 12.2. The van der Waals surface area contributed by atoms with E-state index in [9.17, 15) is 18.0 Å². The zero-order valence-electron chi connectivity index (χ0n) is 15.0. The SMILES string of the molecule is CN=C(NCc1cccc(C(=O)NC)c1)NCc1cccc(C(F)(F)F)c1. The Morgan fingerprint density at radius 1 is 1.00 bits per heavy atom. The molecule has 3 N–H and O–H groups in total. The molecule has 0 bridgehead atoms. The summed E-state index contributed by atoms with van der Waals surface area (Å²) < 4.78 is 38.3. The van der Waals surface area contributed by atoms with E-state index in [2.05, 4.69) is 20.9 Å². The molecule has 0 saturated carbocycles. The quantitative estimate of drug-likeness (QED) is 0.554. The Morgan fingerprint density at radius 2 is 1.59 bits per heavy atom. The molecule has 1 amide bonds. The second-order valence-corrected chi connectivity index (χ2v) is 5.76. The van der Waals surface area contributed by atoms with E-state index in [1.165, 1.54) is 6.07 Å². The molecule has 2 aromatic carbocycles. The third-order valence-corrected chi connectivity index (χ3v) is 3.81. The first-order chi connectivity index (χ1) is 12.8. The normalized spacial score (nSPS) is 11.8. The third-order valence-electron chi connectivity index (χ3n) is 3.81. The highest BCUT2D eigenvalue weighted by Crippen LogP contribution is 2.29. The van der Waals surface area contributed by atoms with Crippen LogP contribution in [0.25, 0.3) is 0 Å². The fraction of sp³-hybridized carbons (Fsp3) is 0.263. The number of benzene rings is 2. The first-order valence-electron chi connectivity index (χ1n) is 8.25. The van der Waals surface area contributed by atoms with Crippen LogP contribution in [0.3, 0.4) is 0 Å². The molecule has 0 spiro atoms. The van der Waals surface area contributed by atoms with Gasteiger partial charge in [-0.15, -0.1) is 0 Å². The van der Waals surface area contributed by atoms with Crippen LogP contribution in [0.4, 0.5) is 13.2 Å². The van der Waals surface area contributed by atoms with Crippen LogP contribution in [-0.4, -0.2) is 26.0 Å². The van der Waals surface area contributed by atoms with E-state index in [0.29, 0.717) is 23.6 Å². The Hall–Kier alpha value is -3.03. The van der Waals surface area contributed by atoms with Crippen molar-refractivity contribution in [3.8, 4) is 0 Å². The fourth-order valence-corrected chi connectivity index (χ4v) is 2.42. The molecule has 0 aliphatic heterocycles. The molecule has 2 rings (SSSR count). The van der Waals surface area contributed by atoms with E-state index in [-0.39, 0.29) is 12.5 Å². The molecule has 0 heterocycles. The molecule has 0 atom stereocenters. The minimum absolute atomic E-state index is 0.177. The lowest BCUT2D eigenvalue weighted by molar-refractivity contribution is -0.137. The van der Waals surface area contributed by atoms with Gasteiger partial charge in [0.2, 0.25) is 0 Å². The molecule has 0 aliphatic carbocycles. The average molecular weight is 378 g/mol. The lowest BCUT2D eigenvalue weighted by Crippen LogP contribution is -2.36. The van der Waals surface area contributed by atoms with E-state index in [4.69, 9.17) is 0 Å². The van der Waals surface area contributed by atoms with Crippen molar-refractivity contribution in [3.63, 3.8) is 0 Å². The Labute approximate surface area is 155 Å². The number of carbonyl (C=O) groups excluding carboxylic acids is 1. The van der Waals surface area contributed by atoms with Gasteiger partial charge in [-0.25, -0.2) is 0 Å². The van der Waals surface area contributed by atoms with Gasteiger partial charge < -0.3 is 16.0 Å². The van der Waals surface area contributed by atoms with E-state index in [1.54, 1.807) is 38.4 Å². The fourth-order valence-electron chi connectivity index (χ4n) is 2.42. The van der Waals surface area contributed by atoms with Crippen molar-refractivity contribution in [1.29, 1.82) is 0 Å². The van der Waals surface area contributed by atoms with Gasteiger partial charge in [-0.2, -0.15) is 13.2 Å². The number of guanidine groups is 1. The second kappa shape index (κ2) is 9.07. The minimum atomic E-state index is -4.37. The van der Waals surface area contributed by atoms with Crippen molar-refractivity contribution >= 4 is 11.9 Å². The lowest BCUT2D eigenvalue weighted by atomic mass is 10.1. The van der Waals surface area contributed by atoms with E-state index >= 15 is 0 Å². The molecule has 5 nitrogen and oxygen atoms in total. The highest BCUT2D eigenvalue weighted by atomic mass is 19.4. The summed E-state index contributed by atoms with van der Waals surface area (Å²) in [6.45, 7) is 0.606. The van der Waals surface area contributed by atoms with Crippen molar-refractivity contribution in [2.45, 2.75) is 19.3 Å². The summed E-state index contributed by atoms with van der Waals surface area (Å²) in [4.78, 5) is 15.7.